The summed E-state index contributed by atoms with van der Waals surface area (Å²) in [4.78, 5) is 12.0. The van der Waals surface area contributed by atoms with Crippen LogP contribution in [0.4, 0.5) is 4.39 Å². The molecule has 0 radical (unpaired) electrons. The molecule has 4 heteroatoms. The summed E-state index contributed by atoms with van der Waals surface area (Å²) in [6, 6.07) is 17.3. The SMILES string of the molecule is N#CC(=Cc1cccc(F)c1)C(=O)NCCc1ccccc1. The highest BCUT2D eigenvalue weighted by molar-refractivity contribution is 6.01. The van der Waals surface area contributed by atoms with E-state index in [4.69, 9.17) is 5.26 Å². The van der Waals surface area contributed by atoms with E-state index < -0.39 is 11.7 Å². The van der Waals surface area contributed by atoms with E-state index in [1.54, 1.807) is 6.07 Å². The standard InChI is InChI=1S/C18H15FN2O/c19-17-8-4-7-15(12-17)11-16(13-20)18(22)21-10-9-14-5-2-1-3-6-14/h1-8,11-12H,9-10H2,(H,21,22). The monoisotopic (exact) mass is 294 g/mol. The lowest BCUT2D eigenvalue weighted by molar-refractivity contribution is -0.117. The van der Waals surface area contributed by atoms with Gasteiger partial charge in [0.15, 0.2) is 0 Å². The zero-order chi connectivity index (χ0) is 15.8. The van der Waals surface area contributed by atoms with Crippen LogP contribution in [0.5, 0.6) is 0 Å². The van der Waals surface area contributed by atoms with Crippen LogP contribution in [0.2, 0.25) is 0 Å². The molecule has 0 heterocycles. The van der Waals surface area contributed by atoms with Gasteiger partial charge < -0.3 is 5.32 Å². The van der Waals surface area contributed by atoms with Gasteiger partial charge in [-0.1, -0.05) is 42.5 Å². The Bertz CT molecular complexity index is 717. The van der Waals surface area contributed by atoms with Crippen molar-refractivity contribution in [1.29, 1.82) is 5.26 Å². The van der Waals surface area contributed by atoms with Crippen LogP contribution >= 0.6 is 0 Å². The Labute approximate surface area is 128 Å². The molecule has 110 valence electrons. The second-order valence-electron chi connectivity index (χ2n) is 4.72. The Morgan fingerprint density at radius 2 is 1.95 bits per heavy atom. The number of halogens is 1. The Kier molecular flexibility index (Phi) is 5.44. The highest BCUT2D eigenvalue weighted by Crippen LogP contribution is 2.09. The van der Waals surface area contributed by atoms with Gasteiger partial charge in [0.2, 0.25) is 0 Å². The van der Waals surface area contributed by atoms with Gasteiger partial charge in [0.1, 0.15) is 17.5 Å². The molecular formula is C18H15FN2O. The average Bonchev–Trinajstić information content (AvgIpc) is 2.53. The summed E-state index contributed by atoms with van der Waals surface area (Å²) in [5, 5.41) is 11.8. The predicted octanol–water partition coefficient (Wildman–Crippen LogP) is 3.09. The van der Waals surface area contributed by atoms with Crippen molar-refractivity contribution in [2.45, 2.75) is 6.42 Å². The second kappa shape index (κ2) is 7.75. The Hall–Kier alpha value is -2.93. The molecule has 2 aromatic rings. The smallest absolute Gasteiger partial charge is 0.261 e. The Morgan fingerprint density at radius 3 is 2.64 bits per heavy atom. The molecule has 22 heavy (non-hydrogen) atoms. The topological polar surface area (TPSA) is 52.9 Å². The van der Waals surface area contributed by atoms with Crippen LogP contribution in [-0.2, 0) is 11.2 Å². The maximum absolute atomic E-state index is 13.1. The van der Waals surface area contributed by atoms with Gasteiger partial charge in [-0.25, -0.2) is 4.39 Å². The van der Waals surface area contributed by atoms with E-state index in [2.05, 4.69) is 5.32 Å². The first-order chi connectivity index (χ1) is 10.7. The molecule has 0 saturated carbocycles. The molecule has 1 N–H and O–H groups in total. The van der Waals surface area contributed by atoms with E-state index in [1.807, 2.05) is 36.4 Å². The van der Waals surface area contributed by atoms with Gasteiger partial charge in [-0.15, -0.1) is 0 Å². The fourth-order valence-corrected chi connectivity index (χ4v) is 1.97. The molecule has 0 fully saturated rings. The molecule has 2 rings (SSSR count). The fraction of sp³-hybridized carbons (Fsp3) is 0.111. The molecule has 0 aliphatic carbocycles. The number of amides is 1. The number of benzene rings is 2. The molecule has 0 aromatic heterocycles. The van der Waals surface area contributed by atoms with Crippen molar-refractivity contribution < 1.29 is 9.18 Å². The van der Waals surface area contributed by atoms with Crippen LogP contribution < -0.4 is 5.32 Å². The van der Waals surface area contributed by atoms with Gasteiger partial charge in [-0.05, 0) is 35.8 Å². The number of nitriles is 1. The molecule has 0 aliphatic heterocycles. The number of nitrogens with one attached hydrogen (secondary N) is 1. The Morgan fingerprint density at radius 1 is 1.18 bits per heavy atom. The predicted molar refractivity (Wildman–Crippen MR) is 83.1 cm³/mol. The maximum atomic E-state index is 13.1. The molecule has 0 saturated heterocycles. The number of rotatable bonds is 5. The summed E-state index contributed by atoms with van der Waals surface area (Å²) < 4.78 is 13.1. The molecule has 2 aromatic carbocycles. The van der Waals surface area contributed by atoms with E-state index in [0.29, 0.717) is 18.5 Å². The fourth-order valence-electron chi connectivity index (χ4n) is 1.97. The number of carbonyl (C=O) groups is 1. The first-order valence-corrected chi connectivity index (χ1v) is 6.88. The largest absolute Gasteiger partial charge is 0.351 e. The van der Waals surface area contributed by atoms with Crippen molar-refractivity contribution in [1.82, 2.24) is 5.32 Å². The minimum Gasteiger partial charge on any atom is -0.351 e. The zero-order valence-corrected chi connectivity index (χ0v) is 11.9. The number of hydrogen-bond donors (Lipinski definition) is 1. The number of carbonyl (C=O) groups excluding carboxylic acids is 1. The highest BCUT2D eigenvalue weighted by Gasteiger charge is 2.08. The van der Waals surface area contributed by atoms with Crippen molar-refractivity contribution in [2.75, 3.05) is 6.54 Å². The van der Waals surface area contributed by atoms with Crippen LogP contribution in [0.25, 0.3) is 6.08 Å². The summed E-state index contributed by atoms with van der Waals surface area (Å²) in [6.07, 6.45) is 2.06. The minimum absolute atomic E-state index is 0.0429. The van der Waals surface area contributed by atoms with Gasteiger partial charge >= 0.3 is 0 Å². The van der Waals surface area contributed by atoms with Crippen LogP contribution in [0.3, 0.4) is 0 Å². The summed E-state index contributed by atoms with van der Waals surface area (Å²) in [5.74, 6) is -0.863. The maximum Gasteiger partial charge on any atom is 0.261 e. The van der Waals surface area contributed by atoms with E-state index >= 15 is 0 Å². The molecular weight excluding hydrogens is 279 g/mol. The lowest BCUT2D eigenvalue weighted by atomic mass is 10.1. The third kappa shape index (κ3) is 4.57. The summed E-state index contributed by atoms with van der Waals surface area (Å²) in [7, 11) is 0. The summed E-state index contributed by atoms with van der Waals surface area (Å²) >= 11 is 0. The zero-order valence-electron chi connectivity index (χ0n) is 11.9. The summed E-state index contributed by atoms with van der Waals surface area (Å²) in [6.45, 7) is 0.436. The molecule has 0 unspecified atom stereocenters. The van der Waals surface area contributed by atoms with Crippen molar-refractivity contribution in [3.63, 3.8) is 0 Å². The van der Waals surface area contributed by atoms with E-state index in [9.17, 15) is 9.18 Å². The second-order valence-corrected chi connectivity index (χ2v) is 4.72. The normalized spacial score (nSPS) is 10.8. The van der Waals surface area contributed by atoms with Gasteiger partial charge in [-0.3, -0.25) is 4.79 Å². The third-order valence-corrected chi connectivity index (χ3v) is 3.07. The molecule has 3 nitrogen and oxygen atoms in total. The van der Waals surface area contributed by atoms with E-state index in [1.165, 1.54) is 24.3 Å². The Balaban J connectivity index is 1.96. The molecule has 0 aliphatic rings. The van der Waals surface area contributed by atoms with Crippen LogP contribution in [-0.4, -0.2) is 12.5 Å². The number of hydrogen-bond acceptors (Lipinski definition) is 2. The van der Waals surface area contributed by atoms with Crippen LogP contribution in [0.1, 0.15) is 11.1 Å². The van der Waals surface area contributed by atoms with Crippen LogP contribution in [0, 0.1) is 17.1 Å². The molecule has 1 amide bonds. The van der Waals surface area contributed by atoms with Gasteiger partial charge in [0.25, 0.3) is 5.91 Å². The highest BCUT2D eigenvalue weighted by atomic mass is 19.1. The molecule has 0 atom stereocenters. The lowest BCUT2D eigenvalue weighted by Gasteiger charge is -2.04. The number of nitrogens with zero attached hydrogens (tertiary/aromatic N) is 1. The van der Waals surface area contributed by atoms with Crippen molar-refractivity contribution in [3.8, 4) is 6.07 Å². The van der Waals surface area contributed by atoms with Crippen LogP contribution in [0.15, 0.2) is 60.2 Å². The van der Waals surface area contributed by atoms with Gasteiger partial charge in [0, 0.05) is 6.54 Å². The molecule has 0 bridgehead atoms. The first-order valence-electron chi connectivity index (χ1n) is 6.88. The lowest BCUT2D eigenvalue weighted by Crippen LogP contribution is -2.26. The van der Waals surface area contributed by atoms with Crippen molar-refractivity contribution >= 4 is 12.0 Å². The van der Waals surface area contributed by atoms with Crippen molar-refractivity contribution in [3.05, 3.63) is 77.1 Å². The minimum atomic E-state index is -0.456. The third-order valence-electron chi connectivity index (χ3n) is 3.07. The van der Waals surface area contributed by atoms with E-state index in [0.717, 1.165) is 5.56 Å². The quantitative estimate of drug-likeness (QED) is 0.680. The summed E-state index contributed by atoms with van der Waals surface area (Å²) in [5.41, 5.74) is 1.55. The van der Waals surface area contributed by atoms with Crippen molar-refractivity contribution in [2.24, 2.45) is 0 Å². The van der Waals surface area contributed by atoms with E-state index in [-0.39, 0.29) is 5.57 Å². The first kappa shape index (κ1) is 15.5. The van der Waals surface area contributed by atoms with Gasteiger partial charge in [0.05, 0.1) is 0 Å². The van der Waals surface area contributed by atoms with Gasteiger partial charge in [-0.2, -0.15) is 5.26 Å². The average molecular weight is 294 g/mol. The molecule has 0 spiro atoms.